The largest absolute Gasteiger partial charge is 0.356 e. The fourth-order valence-corrected chi connectivity index (χ4v) is 1.80. The molecule has 0 aliphatic rings. The van der Waals surface area contributed by atoms with E-state index in [-0.39, 0.29) is 11.3 Å². The van der Waals surface area contributed by atoms with Gasteiger partial charge in [-0.2, -0.15) is 0 Å². The van der Waals surface area contributed by atoms with E-state index < -0.39 is 0 Å². The molecular weight excluding hydrogens is 214 g/mol. The lowest BCUT2D eigenvalue weighted by Crippen LogP contribution is -2.40. The fraction of sp³-hybridized carbons (Fsp3) is 0.923. The Kier molecular flexibility index (Phi) is 8.17. The molecule has 0 aliphatic heterocycles. The Labute approximate surface area is 106 Å². The number of carbonyl (C=O) groups excluding carboxylic acids is 1. The van der Waals surface area contributed by atoms with Crippen molar-refractivity contribution >= 4 is 5.91 Å². The zero-order valence-corrected chi connectivity index (χ0v) is 11.9. The average Bonchev–Trinajstić information content (AvgIpc) is 2.26. The topological polar surface area (TPSA) is 58.4 Å². The molecule has 0 atom stereocenters. The van der Waals surface area contributed by atoms with Crippen LogP contribution in [0, 0.1) is 5.41 Å². The summed E-state index contributed by atoms with van der Waals surface area (Å²) in [6.07, 6.45) is 1.69. The summed E-state index contributed by atoms with van der Waals surface area (Å²) in [7, 11) is 0. The molecule has 0 heterocycles. The summed E-state index contributed by atoms with van der Waals surface area (Å²) >= 11 is 0. The van der Waals surface area contributed by atoms with E-state index >= 15 is 0 Å². The van der Waals surface area contributed by atoms with Crippen LogP contribution in [0.5, 0.6) is 0 Å². The molecule has 0 unspecified atom stereocenters. The van der Waals surface area contributed by atoms with Gasteiger partial charge in [-0.25, -0.2) is 0 Å². The van der Waals surface area contributed by atoms with Gasteiger partial charge in [0.25, 0.3) is 0 Å². The molecule has 0 saturated carbocycles. The van der Waals surface area contributed by atoms with Crippen molar-refractivity contribution in [3.05, 3.63) is 0 Å². The third-order valence-electron chi connectivity index (χ3n) is 2.77. The summed E-state index contributed by atoms with van der Waals surface area (Å²) in [6, 6.07) is 0. The van der Waals surface area contributed by atoms with E-state index in [1.54, 1.807) is 0 Å². The first kappa shape index (κ1) is 16.4. The van der Waals surface area contributed by atoms with Crippen LogP contribution in [0.2, 0.25) is 0 Å². The first-order valence-electron chi connectivity index (χ1n) is 6.64. The SMILES string of the molecule is CCCN(CCC(=O)NCC)CC(C)(C)CN. The molecule has 17 heavy (non-hydrogen) atoms. The van der Waals surface area contributed by atoms with Gasteiger partial charge in [0.1, 0.15) is 0 Å². The number of nitrogens with zero attached hydrogens (tertiary/aromatic N) is 1. The van der Waals surface area contributed by atoms with Crippen LogP contribution in [0.25, 0.3) is 0 Å². The maximum absolute atomic E-state index is 11.4. The Morgan fingerprint density at radius 3 is 2.41 bits per heavy atom. The monoisotopic (exact) mass is 243 g/mol. The van der Waals surface area contributed by atoms with E-state index in [0.717, 1.165) is 26.1 Å². The number of hydrogen-bond donors (Lipinski definition) is 2. The molecule has 0 aromatic heterocycles. The molecule has 0 rings (SSSR count). The molecule has 0 bridgehead atoms. The smallest absolute Gasteiger partial charge is 0.221 e. The van der Waals surface area contributed by atoms with Crippen molar-refractivity contribution in [2.45, 2.75) is 40.5 Å². The summed E-state index contributed by atoms with van der Waals surface area (Å²) in [6.45, 7) is 12.6. The van der Waals surface area contributed by atoms with Gasteiger partial charge >= 0.3 is 0 Å². The molecule has 4 nitrogen and oxygen atoms in total. The second-order valence-corrected chi connectivity index (χ2v) is 5.35. The van der Waals surface area contributed by atoms with Gasteiger partial charge in [-0.3, -0.25) is 4.79 Å². The van der Waals surface area contributed by atoms with E-state index in [9.17, 15) is 4.79 Å². The minimum atomic E-state index is 0.121. The Balaban J connectivity index is 4.10. The third kappa shape index (κ3) is 8.16. The molecule has 3 N–H and O–H groups in total. The lowest BCUT2D eigenvalue weighted by atomic mass is 9.93. The normalized spacial score (nSPS) is 11.9. The lowest BCUT2D eigenvalue weighted by Gasteiger charge is -2.31. The summed E-state index contributed by atoms with van der Waals surface area (Å²) in [5, 5.41) is 2.83. The van der Waals surface area contributed by atoms with Crippen LogP contribution in [0.1, 0.15) is 40.5 Å². The zero-order valence-electron chi connectivity index (χ0n) is 11.9. The molecule has 0 spiro atoms. The highest BCUT2D eigenvalue weighted by atomic mass is 16.1. The summed E-state index contributed by atoms with van der Waals surface area (Å²) in [4.78, 5) is 13.8. The maximum atomic E-state index is 11.4. The Bertz CT molecular complexity index is 217. The van der Waals surface area contributed by atoms with Crippen LogP contribution in [0.15, 0.2) is 0 Å². The van der Waals surface area contributed by atoms with Crippen LogP contribution < -0.4 is 11.1 Å². The second-order valence-electron chi connectivity index (χ2n) is 5.35. The molecule has 0 radical (unpaired) electrons. The maximum Gasteiger partial charge on any atom is 0.221 e. The van der Waals surface area contributed by atoms with Crippen LogP contribution in [-0.2, 0) is 4.79 Å². The van der Waals surface area contributed by atoms with Crippen LogP contribution in [0.4, 0.5) is 0 Å². The highest BCUT2D eigenvalue weighted by molar-refractivity contribution is 5.75. The van der Waals surface area contributed by atoms with Crippen LogP contribution >= 0.6 is 0 Å². The van der Waals surface area contributed by atoms with Crippen molar-refractivity contribution in [1.82, 2.24) is 10.2 Å². The Hall–Kier alpha value is -0.610. The van der Waals surface area contributed by atoms with Crippen LogP contribution in [-0.4, -0.2) is 43.5 Å². The van der Waals surface area contributed by atoms with Gasteiger partial charge in [-0.05, 0) is 31.8 Å². The summed E-state index contributed by atoms with van der Waals surface area (Å²) in [5.41, 5.74) is 5.87. The van der Waals surface area contributed by atoms with Crippen molar-refractivity contribution < 1.29 is 4.79 Å². The van der Waals surface area contributed by atoms with E-state index in [1.807, 2.05) is 6.92 Å². The predicted octanol–water partition coefficient (Wildman–Crippen LogP) is 1.21. The molecule has 0 aromatic carbocycles. The second kappa shape index (κ2) is 8.48. The van der Waals surface area contributed by atoms with E-state index in [1.165, 1.54) is 0 Å². The van der Waals surface area contributed by atoms with Gasteiger partial charge < -0.3 is 16.0 Å². The third-order valence-corrected chi connectivity index (χ3v) is 2.77. The van der Waals surface area contributed by atoms with Gasteiger partial charge in [0.05, 0.1) is 0 Å². The van der Waals surface area contributed by atoms with E-state index in [0.29, 0.717) is 19.5 Å². The Morgan fingerprint density at radius 1 is 1.29 bits per heavy atom. The summed E-state index contributed by atoms with van der Waals surface area (Å²) < 4.78 is 0. The Morgan fingerprint density at radius 2 is 1.94 bits per heavy atom. The molecular formula is C13H29N3O. The zero-order chi connectivity index (χ0) is 13.3. The van der Waals surface area contributed by atoms with Gasteiger partial charge in [0.15, 0.2) is 0 Å². The average molecular weight is 243 g/mol. The van der Waals surface area contributed by atoms with Crippen molar-refractivity contribution in [3.63, 3.8) is 0 Å². The number of rotatable bonds is 9. The number of amides is 1. The molecule has 0 aliphatic carbocycles. The minimum Gasteiger partial charge on any atom is -0.356 e. The molecule has 0 aromatic rings. The van der Waals surface area contributed by atoms with E-state index in [2.05, 4.69) is 31.0 Å². The molecule has 4 heteroatoms. The minimum absolute atomic E-state index is 0.121. The standard InChI is InChI=1S/C13H29N3O/c1-5-8-16(11-13(3,4)10-14)9-7-12(17)15-6-2/h5-11,14H2,1-4H3,(H,15,17). The number of nitrogens with two attached hydrogens (primary N) is 1. The number of hydrogen-bond acceptors (Lipinski definition) is 3. The van der Waals surface area contributed by atoms with Gasteiger partial charge in [-0.1, -0.05) is 20.8 Å². The highest BCUT2D eigenvalue weighted by Crippen LogP contribution is 2.15. The molecule has 1 amide bonds. The van der Waals surface area contributed by atoms with E-state index in [4.69, 9.17) is 5.73 Å². The van der Waals surface area contributed by atoms with Gasteiger partial charge in [0.2, 0.25) is 5.91 Å². The predicted molar refractivity (Wildman–Crippen MR) is 72.9 cm³/mol. The first-order valence-corrected chi connectivity index (χ1v) is 6.64. The van der Waals surface area contributed by atoms with Crippen molar-refractivity contribution in [2.24, 2.45) is 11.1 Å². The van der Waals surface area contributed by atoms with Crippen molar-refractivity contribution in [2.75, 3.05) is 32.7 Å². The molecule has 0 saturated heterocycles. The van der Waals surface area contributed by atoms with Crippen LogP contribution in [0.3, 0.4) is 0 Å². The molecule has 102 valence electrons. The van der Waals surface area contributed by atoms with Gasteiger partial charge in [-0.15, -0.1) is 0 Å². The van der Waals surface area contributed by atoms with Crippen molar-refractivity contribution in [3.8, 4) is 0 Å². The first-order chi connectivity index (χ1) is 7.95. The van der Waals surface area contributed by atoms with Crippen molar-refractivity contribution in [1.29, 1.82) is 0 Å². The fourth-order valence-electron chi connectivity index (χ4n) is 1.80. The lowest BCUT2D eigenvalue weighted by molar-refractivity contribution is -0.121. The van der Waals surface area contributed by atoms with Gasteiger partial charge in [0, 0.05) is 26.1 Å². The number of carbonyl (C=O) groups is 1. The highest BCUT2D eigenvalue weighted by Gasteiger charge is 2.20. The summed E-state index contributed by atoms with van der Waals surface area (Å²) in [5.74, 6) is 0.138. The quantitative estimate of drug-likeness (QED) is 0.640. The molecule has 0 fully saturated rings. The number of nitrogens with one attached hydrogen (secondary N) is 1.